The molecule has 16 aromatic rings. The quantitative estimate of drug-likeness (QED) is 0.151. The van der Waals surface area contributed by atoms with Crippen molar-refractivity contribution >= 4 is 0 Å². The van der Waals surface area contributed by atoms with Crippen LogP contribution in [0.2, 0.25) is 0 Å². The number of hydrogen-bond donors (Lipinski definition) is 0. The van der Waals surface area contributed by atoms with Crippen molar-refractivity contribution in [3.8, 4) is 89.0 Å². The van der Waals surface area contributed by atoms with Crippen LogP contribution in [0, 0.1) is 208 Å². The van der Waals surface area contributed by atoms with Gasteiger partial charge in [0.2, 0.25) is 0 Å². The Labute approximate surface area is 803 Å². The summed E-state index contributed by atoms with van der Waals surface area (Å²) < 4.78 is 0. The summed E-state index contributed by atoms with van der Waals surface area (Å²) in [5.74, 6) is 0. The minimum atomic E-state index is 0.998. The predicted octanol–water partition coefficient (Wildman–Crippen LogP) is 34.1. The molecule has 0 amide bonds. The van der Waals surface area contributed by atoms with Crippen LogP contribution in [0.15, 0.2) is 194 Å². The van der Waals surface area contributed by atoms with Crippen molar-refractivity contribution in [3.63, 3.8) is 0 Å². The normalized spacial score (nSPS) is 12.5. The van der Waals surface area contributed by atoms with Crippen molar-refractivity contribution in [1.82, 2.24) is 9.97 Å². The lowest BCUT2D eigenvalue weighted by atomic mass is 9.92. The summed E-state index contributed by atoms with van der Waals surface area (Å²) in [5, 5.41) is 0. The van der Waals surface area contributed by atoms with E-state index >= 15 is 0 Å². The molecular weight excluding hydrogens is 1610 g/mol. The number of fused-ring (bicyclic) bond motifs is 24. The van der Waals surface area contributed by atoms with Crippen LogP contribution in [0.4, 0.5) is 0 Å². The maximum atomic E-state index is 4.49. The number of nitrogens with zero attached hydrogens (tertiary/aromatic N) is 2. The summed E-state index contributed by atoms with van der Waals surface area (Å²) in [4.78, 5) is 8.97. The van der Waals surface area contributed by atoms with Gasteiger partial charge in [0.1, 0.15) is 0 Å². The molecule has 0 saturated heterocycles. The molecule has 2 heteroatoms. The summed E-state index contributed by atoms with van der Waals surface area (Å²) in [7, 11) is 0. The summed E-state index contributed by atoms with van der Waals surface area (Å²) >= 11 is 0. The zero-order chi connectivity index (χ0) is 95.5. The highest BCUT2D eigenvalue weighted by Crippen LogP contribution is 2.51. The van der Waals surface area contributed by atoms with Gasteiger partial charge in [0.25, 0.3) is 0 Å². The maximum Gasteiger partial charge on any atom is 0.0526 e. The fourth-order valence-electron chi connectivity index (χ4n) is 23.3. The molecule has 2 heterocycles. The summed E-state index contributed by atoms with van der Waals surface area (Å²) in [6.07, 6.45) is 12.4. The molecule has 24 rings (SSSR count). The van der Waals surface area contributed by atoms with Crippen LogP contribution in [0.1, 0.15) is 256 Å². The largest absolute Gasteiger partial charge is 0.260 e. The molecule has 14 aromatic carbocycles. The second-order valence-corrected chi connectivity index (χ2v) is 41.1. The first kappa shape index (κ1) is 93.2. The predicted molar refractivity (Wildman–Crippen MR) is 575 cm³/mol. The lowest BCUT2D eigenvalue weighted by molar-refractivity contribution is 1.10. The molecule has 0 fully saturated rings. The molecule has 0 spiro atoms. The lowest BCUT2D eigenvalue weighted by Gasteiger charge is -2.12. The van der Waals surface area contributed by atoms with Gasteiger partial charge in [0.05, 0.1) is 11.4 Å². The van der Waals surface area contributed by atoms with Crippen LogP contribution >= 0.6 is 0 Å². The van der Waals surface area contributed by atoms with E-state index in [2.05, 4.69) is 388 Å². The molecule has 8 aliphatic carbocycles. The Morgan fingerprint density at radius 1 is 0.149 bits per heavy atom. The highest BCUT2D eigenvalue weighted by atomic mass is 14.7. The molecule has 134 heavy (non-hydrogen) atoms. The molecule has 676 valence electrons. The van der Waals surface area contributed by atoms with Gasteiger partial charge < -0.3 is 0 Å². The topological polar surface area (TPSA) is 25.8 Å². The Morgan fingerprint density at radius 3 is 0.940 bits per heavy atom. The first-order valence-corrected chi connectivity index (χ1v) is 49.1. The number of rotatable bonds is 0. The molecule has 0 bridgehead atoms. The minimum Gasteiger partial charge on any atom is -0.260 e. The molecule has 0 aliphatic heterocycles. The number of hydrogen-bond acceptors (Lipinski definition) is 2. The first-order valence-electron chi connectivity index (χ1n) is 49.1. The average Bonchev–Trinajstić information content (AvgIpc) is 1.63. The van der Waals surface area contributed by atoms with E-state index in [0.29, 0.717) is 0 Å². The van der Waals surface area contributed by atoms with Crippen molar-refractivity contribution in [2.45, 2.75) is 259 Å². The molecule has 8 aliphatic rings. The van der Waals surface area contributed by atoms with Gasteiger partial charge in [-0.15, -0.1) is 0 Å². The standard InChI is InChI=1S/6C17H18.2C15H15N/c1-10-6-8-15-16(12(10)3)9-14-7-5-11(2)13(4)17(14)15;1-10-5-7-14-9-15-8-6-11(2)13(4)17(15)16(14)12(10)3;1-10-7-12(3)15-9-14-6-5-11(2)13(4)17(14)16(15)8-10;1-10-7-12(3)16-15(8-10)9-14-6-5-11(2)13(4)17(14)16;1-10-5-6-14-9-15-7-11(2)12(3)8-16(15)17(14)13(10)4;1-10-7-8-14-9-15-11(2)5-6-12(3)16(15)17(14)13(10)4;2*1-9-7-10(2)13-8-14-12(5-4-6-16-14)15(13)11(9)3/h6*5-8H,9H2,1-4H3;2*4-7H,8H2,1-3H3. The fourth-order valence-corrected chi connectivity index (χ4v) is 23.3. The van der Waals surface area contributed by atoms with Crippen molar-refractivity contribution < 1.29 is 0 Å². The molecule has 0 radical (unpaired) electrons. The highest BCUT2D eigenvalue weighted by Gasteiger charge is 2.32. The third-order valence-corrected chi connectivity index (χ3v) is 32.4. The van der Waals surface area contributed by atoms with Gasteiger partial charge in [-0.3, -0.25) is 9.97 Å². The van der Waals surface area contributed by atoms with E-state index in [0.717, 1.165) is 51.4 Å². The number of aryl methyl sites for hydroxylation is 20. The summed E-state index contributed by atoms with van der Waals surface area (Å²) in [6, 6.07) is 68.0. The van der Waals surface area contributed by atoms with Crippen LogP contribution in [-0.4, -0.2) is 9.97 Å². The van der Waals surface area contributed by atoms with Crippen LogP contribution in [0.25, 0.3) is 89.0 Å². The molecule has 2 nitrogen and oxygen atoms in total. The van der Waals surface area contributed by atoms with E-state index in [9.17, 15) is 0 Å². The Hall–Kier alpha value is -12.6. The van der Waals surface area contributed by atoms with E-state index in [1.165, 1.54) is 345 Å². The second-order valence-electron chi connectivity index (χ2n) is 41.1. The highest BCUT2D eigenvalue weighted by molar-refractivity contribution is 5.89. The van der Waals surface area contributed by atoms with Crippen molar-refractivity contribution in [2.75, 3.05) is 0 Å². The third-order valence-electron chi connectivity index (χ3n) is 32.4. The maximum absolute atomic E-state index is 4.49. The van der Waals surface area contributed by atoms with E-state index in [4.69, 9.17) is 0 Å². The Kier molecular flexibility index (Phi) is 25.7. The van der Waals surface area contributed by atoms with Crippen molar-refractivity contribution in [2.24, 2.45) is 0 Å². The van der Waals surface area contributed by atoms with Gasteiger partial charge >= 0.3 is 0 Å². The first-order chi connectivity index (χ1) is 63.9. The van der Waals surface area contributed by atoms with Crippen molar-refractivity contribution in [1.29, 1.82) is 0 Å². The Balaban J connectivity index is 0.000000107. The van der Waals surface area contributed by atoms with Gasteiger partial charge in [0, 0.05) is 36.4 Å². The molecule has 0 saturated carbocycles. The molecule has 0 atom stereocenters. The van der Waals surface area contributed by atoms with Crippen LogP contribution in [0.5, 0.6) is 0 Å². The van der Waals surface area contributed by atoms with Crippen LogP contribution < -0.4 is 0 Å². The average molecular weight is 1750 g/mol. The van der Waals surface area contributed by atoms with E-state index in [1.807, 2.05) is 24.5 Å². The zero-order valence-corrected chi connectivity index (χ0v) is 86.0. The van der Waals surface area contributed by atoms with Gasteiger partial charge in [-0.25, -0.2) is 0 Å². The van der Waals surface area contributed by atoms with Crippen LogP contribution in [0.3, 0.4) is 0 Å². The molecule has 2 aromatic heterocycles. The lowest BCUT2D eigenvalue weighted by Crippen LogP contribution is -1.92. The fraction of sp³-hybridized carbons (Fsp3) is 0.288. The number of pyridine rings is 2. The Morgan fingerprint density at radius 2 is 0.463 bits per heavy atom. The molecule has 0 N–H and O–H groups in total. The third kappa shape index (κ3) is 16.9. The van der Waals surface area contributed by atoms with E-state index in [-0.39, 0.29) is 0 Å². The van der Waals surface area contributed by atoms with Gasteiger partial charge in [-0.1, -0.05) is 181 Å². The molecule has 0 unspecified atom stereocenters. The number of aromatic nitrogens is 2. The smallest absolute Gasteiger partial charge is 0.0526 e. The van der Waals surface area contributed by atoms with Gasteiger partial charge in [-0.05, 0) is 570 Å². The van der Waals surface area contributed by atoms with Crippen LogP contribution in [-0.2, 0) is 51.4 Å². The number of benzene rings is 14. The second kappa shape index (κ2) is 37.0. The molecular formula is C132H138N2. The van der Waals surface area contributed by atoms with Crippen molar-refractivity contribution in [3.05, 3.63) is 451 Å². The van der Waals surface area contributed by atoms with Gasteiger partial charge in [0.15, 0.2) is 0 Å². The Bertz CT molecular complexity index is 7350. The monoisotopic (exact) mass is 1750 g/mol. The minimum absolute atomic E-state index is 0.998. The van der Waals surface area contributed by atoms with E-state index < -0.39 is 0 Å². The zero-order valence-electron chi connectivity index (χ0n) is 86.0. The van der Waals surface area contributed by atoms with E-state index in [1.54, 1.807) is 0 Å². The van der Waals surface area contributed by atoms with Gasteiger partial charge in [-0.2, -0.15) is 0 Å². The SMILES string of the molecule is Cc1cc(C)c2c(c1)-c1c(ccc(C)c1C)C2.Cc1cc(C)c2c(c1)Cc1ccc(C)c(C)c1-2.Cc1cc(C)c2c(c1C)-c1cccnc1C2.Cc1cc(C)c2c(c1C)-c1cccnc1C2.Cc1cc2c(cc1C)-c1c(ccc(C)c1C)C2.Cc1ccc2c(c1C)-c1c(C)ccc(C)c1C2.Cc1ccc2c(c1C)-c1c(ccc(C)c1C)C2.Cc1ccc2c(c1C)Cc1ccc(C)c(C)c1-2. The summed E-state index contributed by atoms with van der Waals surface area (Å²) in [5.41, 5.74) is 89.4. The summed E-state index contributed by atoms with van der Waals surface area (Å²) in [6.45, 7) is 66.6.